The molecular formula is C7H11NO. The van der Waals surface area contributed by atoms with Crippen molar-refractivity contribution in [2.75, 3.05) is 6.61 Å². The molecule has 0 unspecified atom stereocenters. The summed E-state index contributed by atoms with van der Waals surface area (Å²) in [5.74, 6) is 0.779. The van der Waals surface area contributed by atoms with Gasteiger partial charge in [-0.25, -0.2) is 4.99 Å². The predicted molar refractivity (Wildman–Crippen MR) is 37.4 cm³/mol. The summed E-state index contributed by atoms with van der Waals surface area (Å²) < 4.78 is 5.17. The Labute approximate surface area is 55.2 Å². The van der Waals surface area contributed by atoms with E-state index >= 15 is 0 Å². The second-order valence-electron chi connectivity index (χ2n) is 2.11. The zero-order valence-electron chi connectivity index (χ0n) is 5.85. The number of ether oxygens (including phenoxy) is 1. The van der Waals surface area contributed by atoms with Gasteiger partial charge in [0, 0.05) is 19.0 Å². The van der Waals surface area contributed by atoms with Gasteiger partial charge < -0.3 is 4.74 Å². The molecule has 0 radical (unpaired) electrons. The first-order chi connectivity index (χ1) is 4.29. The normalized spacial score (nSPS) is 19.3. The Bertz CT molecular complexity index is 158. The Morgan fingerprint density at radius 2 is 2.33 bits per heavy atom. The third kappa shape index (κ3) is 1.88. The highest BCUT2D eigenvalue weighted by atomic mass is 16.5. The first-order valence-electron chi connectivity index (χ1n) is 3.14. The lowest BCUT2D eigenvalue weighted by molar-refractivity contribution is 0.312. The van der Waals surface area contributed by atoms with Crippen molar-refractivity contribution in [1.82, 2.24) is 0 Å². The van der Waals surface area contributed by atoms with Crippen molar-refractivity contribution in [3.05, 3.63) is 11.8 Å². The molecular weight excluding hydrogens is 114 g/mol. The maximum atomic E-state index is 5.17. The van der Waals surface area contributed by atoms with Crippen molar-refractivity contribution in [2.45, 2.75) is 20.3 Å². The minimum atomic E-state index is 0.771. The van der Waals surface area contributed by atoms with Crippen LogP contribution in [0.5, 0.6) is 0 Å². The van der Waals surface area contributed by atoms with Crippen LogP contribution < -0.4 is 0 Å². The van der Waals surface area contributed by atoms with Gasteiger partial charge in [-0.1, -0.05) is 6.08 Å². The van der Waals surface area contributed by atoms with Crippen LogP contribution in [0.4, 0.5) is 0 Å². The molecule has 0 bridgehead atoms. The van der Waals surface area contributed by atoms with Gasteiger partial charge >= 0.3 is 0 Å². The number of hydrogen-bond acceptors (Lipinski definition) is 2. The van der Waals surface area contributed by atoms with Crippen molar-refractivity contribution in [3.63, 3.8) is 0 Å². The van der Waals surface area contributed by atoms with Crippen molar-refractivity contribution in [2.24, 2.45) is 4.99 Å². The molecule has 0 N–H and O–H groups in total. The summed E-state index contributed by atoms with van der Waals surface area (Å²) in [6, 6.07) is 0. The zero-order valence-corrected chi connectivity index (χ0v) is 5.85. The van der Waals surface area contributed by atoms with Gasteiger partial charge in [-0.2, -0.15) is 0 Å². The molecule has 9 heavy (non-hydrogen) atoms. The maximum Gasteiger partial charge on any atom is 0.184 e. The van der Waals surface area contributed by atoms with E-state index in [1.165, 1.54) is 0 Å². The van der Waals surface area contributed by atoms with E-state index in [-0.39, 0.29) is 0 Å². The minimum Gasteiger partial charge on any atom is -0.481 e. The lowest BCUT2D eigenvalue weighted by atomic mass is 10.4. The van der Waals surface area contributed by atoms with Gasteiger partial charge in [-0.05, 0) is 6.92 Å². The van der Waals surface area contributed by atoms with Crippen LogP contribution in [0.1, 0.15) is 20.3 Å². The topological polar surface area (TPSA) is 21.6 Å². The Balaban J connectivity index is 2.67. The molecule has 0 saturated carbocycles. The van der Waals surface area contributed by atoms with Crippen molar-refractivity contribution >= 4 is 5.90 Å². The number of nitrogens with zero attached hydrogens (tertiary/aromatic N) is 1. The van der Waals surface area contributed by atoms with E-state index in [2.05, 4.69) is 11.1 Å². The smallest absolute Gasteiger partial charge is 0.184 e. The van der Waals surface area contributed by atoms with Crippen LogP contribution in [0.25, 0.3) is 0 Å². The van der Waals surface area contributed by atoms with Gasteiger partial charge in [-0.15, -0.1) is 0 Å². The van der Waals surface area contributed by atoms with Gasteiger partial charge in [0.15, 0.2) is 5.90 Å². The molecule has 0 fully saturated rings. The minimum absolute atomic E-state index is 0.771. The standard InChI is InChI=1S/C7H11NO/c1-6-4-3-5-9-7(2)8-6/h4H,3,5H2,1-2H3. The summed E-state index contributed by atoms with van der Waals surface area (Å²) in [5.41, 5.74) is 1.06. The molecule has 1 aliphatic rings. The van der Waals surface area contributed by atoms with E-state index in [0.717, 1.165) is 24.6 Å². The zero-order chi connectivity index (χ0) is 6.69. The van der Waals surface area contributed by atoms with Gasteiger partial charge in [0.1, 0.15) is 0 Å². The molecule has 0 saturated heterocycles. The lowest BCUT2D eigenvalue weighted by Crippen LogP contribution is -1.97. The molecule has 2 nitrogen and oxygen atoms in total. The second kappa shape index (κ2) is 2.67. The van der Waals surface area contributed by atoms with E-state index in [1.54, 1.807) is 0 Å². The second-order valence-corrected chi connectivity index (χ2v) is 2.11. The molecule has 0 spiro atoms. The van der Waals surface area contributed by atoms with Crippen LogP contribution in [0.2, 0.25) is 0 Å². The van der Waals surface area contributed by atoms with E-state index in [9.17, 15) is 0 Å². The third-order valence-corrected chi connectivity index (χ3v) is 1.20. The fraction of sp³-hybridized carbons (Fsp3) is 0.571. The highest BCUT2D eigenvalue weighted by molar-refractivity contribution is 5.74. The van der Waals surface area contributed by atoms with Crippen molar-refractivity contribution in [3.8, 4) is 0 Å². The molecule has 1 rings (SSSR count). The Kier molecular flexibility index (Phi) is 1.88. The number of allylic oxidation sites excluding steroid dienone is 1. The summed E-state index contributed by atoms with van der Waals surface area (Å²) >= 11 is 0. The molecule has 1 heterocycles. The quantitative estimate of drug-likeness (QED) is 0.483. The molecule has 0 aromatic heterocycles. The van der Waals surface area contributed by atoms with Crippen LogP contribution in [-0.4, -0.2) is 12.5 Å². The molecule has 0 aromatic rings. The van der Waals surface area contributed by atoms with Gasteiger partial charge in [0.25, 0.3) is 0 Å². The molecule has 0 amide bonds. The van der Waals surface area contributed by atoms with Gasteiger partial charge in [0.05, 0.1) is 6.61 Å². The fourth-order valence-electron chi connectivity index (χ4n) is 0.801. The average molecular weight is 125 g/mol. The van der Waals surface area contributed by atoms with E-state index < -0.39 is 0 Å². The first-order valence-corrected chi connectivity index (χ1v) is 3.14. The number of rotatable bonds is 0. The molecule has 2 heteroatoms. The molecule has 0 atom stereocenters. The van der Waals surface area contributed by atoms with Gasteiger partial charge in [0.2, 0.25) is 0 Å². The largest absolute Gasteiger partial charge is 0.481 e. The van der Waals surface area contributed by atoms with E-state index in [1.807, 2.05) is 13.8 Å². The summed E-state index contributed by atoms with van der Waals surface area (Å²) in [6.07, 6.45) is 3.06. The van der Waals surface area contributed by atoms with E-state index in [0.29, 0.717) is 0 Å². The van der Waals surface area contributed by atoms with Crippen LogP contribution >= 0.6 is 0 Å². The van der Waals surface area contributed by atoms with E-state index in [4.69, 9.17) is 4.74 Å². The molecule has 0 aromatic carbocycles. The third-order valence-electron chi connectivity index (χ3n) is 1.20. The van der Waals surface area contributed by atoms with Crippen LogP contribution in [-0.2, 0) is 4.74 Å². The summed E-state index contributed by atoms with van der Waals surface area (Å²) in [4.78, 5) is 4.13. The number of aliphatic imine (C=N–C) groups is 1. The molecule has 0 aliphatic carbocycles. The highest BCUT2D eigenvalue weighted by Crippen LogP contribution is 2.03. The SMILES string of the molecule is CC1=CCCOC(C)=N1. The van der Waals surface area contributed by atoms with Crippen LogP contribution in [0, 0.1) is 0 Å². The Hall–Kier alpha value is -0.790. The summed E-state index contributed by atoms with van der Waals surface area (Å²) in [6.45, 7) is 4.63. The fourth-order valence-corrected chi connectivity index (χ4v) is 0.801. The summed E-state index contributed by atoms with van der Waals surface area (Å²) in [5, 5.41) is 0. The lowest BCUT2D eigenvalue weighted by Gasteiger charge is -1.97. The van der Waals surface area contributed by atoms with Gasteiger partial charge in [-0.3, -0.25) is 0 Å². The predicted octanol–water partition coefficient (Wildman–Crippen LogP) is 1.73. The van der Waals surface area contributed by atoms with Crippen molar-refractivity contribution < 1.29 is 4.74 Å². The van der Waals surface area contributed by atoms with Crippen molar-refractivity contribution in [1.29, 1.82) is 0 Å². The Morgan fingerprint density at radius 3 is 3.11 bits per heavy atom. The summed E-state index contributed by atoms with van der Waals surface area (Å²) in [7, 11) is 0. The monoisotopic (exact) mass is 125 g/mol. The maximum absolute atomic E-state index is 5.17. The Morgan fingerprint density at radius 1 is 1.56 bits per heavy atom. The first kappa shape index (κ1) is 6.33. The molecule has 50 valence electrons. The molecule has 1 aliphatic heterocycles. The number of hydrogen-bond donors (Lipinski definition) is 0. The van der Waals surface area contributed by atoms with Crippen LogP contribution in [0.3, 0.4) is 0 Å². The average Bonchev–Trinajstić information content (AvgIpc) is 1.93. The highest BCUT2D eigenvalue weighted by Gasteiger charge is 1.96. The van der Waals surface area contributed by atoms with Crippen LogP contribution in [0.15, 0.2) is 16.8 Å².